The van der Waals surface area contributed by atoms with E-state index in [1.54, 1.807) is 0 Å². The molecular weight excluding hydrogens is 278 g/mol. The molecule has 0 aromatic carbocycles. The molecule has 8 heteroatoms. The maximum Gasteiger partial charge on any atom is 0.217 e. The summed E-state index contributed by atoms with van der Waals surface area (Å²) in [6.45, 7) is 1.29. The van der Waals surface area contributed by atoms with Gasteiger partial charge in [0, 0.05) is 18.2 Å². The third kappa shape index (κ3) is 9.78. The number of hydrogen-bond acceptors (Lipinski definition) is 5. The quantitative estimate of drug-likeness (QED) is 0.456. The second kappa shape index (κ2) is 11.2. The van der Waals surface area contributed by atoms with Crippen molar-refractivity contribution in [3.63, 3.8) is 0 Å². The second-order valence-electron chi connectivity index (χ2n) is 2.83. The molecule has 17 heavy (non-hydrogen) atoms. The fourth-order valence-corrected chi connectivity index (χ4v) is 3.14. The fourth-order valence-electron chi connectivity index (χ4n) is 0.793. The smallest absolute Gasteiger partial charge is 0.217 e. The van der Waals surface area contributed by atoms with Gasteiger partial charge in [-0.15, -0.1) is 0 Å². The molecule has 0 aromatic rings. The van der Waals surface area contributed by atoms with E-state index in [-0.39, 0.29) is 18.8 Å². The van der Waals surface area contributed by atoms with Crippen LogP contribution >= 0.6 is 33.3 Å². The average Bonchev–Trinajstić information content (AvgIpc) is 2.36. The Bertz CT molecular complexity index is 374. The number of thioether (sulfide) groups is 1. The highest BCUT2D eigenvalue weighted by Crippen LogP contribution is 2.22. The summed E-state index contributed by atoms with van der Waals surface area (Å²) in [7, 11) is 2.06. The summed E-state index contributed by atoms with van der Waals surface area (Å²) < 4.78 is 30.2. The van der Waals surface area contributed by atoms with Gasteiger partial charge in [-0.25, -0.2) is 0 Å². The van der Waals surface area contributed by atoms with Gasteiger partial charge in [-0.2, -0.15) is 0 Å². The first-order chi connectivity index (χ1) is 9.53. The topological polar surface area (TPSA) is 101 Å². The molecule has 0 heterocycles. The van der Waals surface area contributed by atoms with Gasteiger partial charge in [0.25, 0.3) is 0 Å². The van der Waals surface area contributed by atoms with E-state index >= 15 is 0 Å². The molecule has 0 saturated heterocycles. The first-order valence-electron chi connectivity index (χ1n) is 6.92. The highest BCUT2D eigenvalue weighted by Gasteiger charge is 2.19. The van der Waals surface area contributed by atoms with Crippen molar-refractivity contribution in [3.05, 3.63) is 0 Å². The number of rotatable bonds is 9. The van der Waals surface area contributed by atoms with Crippen LogP contribution in [-0.2, 0) is 9.59 Å². The third-order valence-electron chi connectivity index (χ3n) is 1.39. The minimum Gasteiger partial charge on any atom is -0.357 e. The van der Waals surface area contributed by atoms with Gasteiger partial charge in [0.1, 0.15) is 6.04 Å². The molecule has 0 spiro atoms. The molecule has 1 atom stereocenters. The van der Waals surface area contributed by atoms with Gasteiger partial charge >= 0.3 is 0 Å². The first kappa shape index (κ1) is 11.0. The van der Waals surface area contributed by atoms with Gasteiger partial charge in [0.15, 0.2) is 0 Å². The fraction of sp³-hybridized carbons (Fsp3) is 0.778. The lowest BCUT2D eigenvalue weighted by Gasteiger charge is -2.14. The maximum atomic E-state index is 12.0. The van der Waals surface area contributed by atoms with Crippen LogP contribution in [0.4, 0.5) is 0 Å². The first-order valence-corrected chi connectivity index (χ1v) is 8.05. The minimum atomic E-state index is -1.78. The van der Waals surface area contributed by atoms with E-state index in [1.807, 2.05) is 0 Å². The number of nitrogens with one attached hydrogen (secondary N) is 1. The van der Waals surface area contributed by atoms with Crippen LogP contribution in [0.25, 0.3) is 0 Å². The van der Waals surface area contributed by atoms with Crippen LogP contribution in [0.15, 0.2) is 0 Å². The van der Waals surface area contributed by atoms with Gasteiger partial charge in [0.2, 0.25) is 11.0 Å². The van der Waals surface area contributed by atoms with Gasteiger partial charge in [-0.3, -0.25) is 9.59 Å². The number of amides is 1. The van der Waals surface area contributed by atoms with Crippen LogP contribution in [-0.4, -0.2) is 47.3 Å². The Morgan fingerprint density at radius 1 is 1.29 bits per heavy atom. The van der Waals surface area contributed by atoms with Crippen LogP contribution < -0.4 is 16.8 Å². The van der Waals surface area contributed by atoms with E-state index in [0.717, 1.165) is 21.6 Å². The summed E-state index contributed by atoms with van der Waals surface area (Å²) in [4.78, 5) is 23.2. The highest BCUT2D eigenvalue weighted by atomic mass is 33.1. The molecule has 0 aliphatic heterocycles. The molecule has 0 fully saturated rings. The van der Waals surface area contributed by atoms with Crippen molar-refractivity contribution < 1.29 is 26.5 Å². The molecule has 5 nitrogen and oxygen atoms in total. The number of carbonyl (C=O) groups excluding carboxylic acids is 2. The second-order valence-corrected chi connectivity index (χ2v) is 5.96. The van der Waals surface area contributed by atoms with Crippen LogP contribution in [0.5, 0.6) is 0 Å². The lowest BCUT2D eigenvalue weighted by Crippen LogP contribution is -2.52. The van der Waals surface area contributed by atoms with E-state index in [1.165, 1.54) is 6.92 Å². The molecule has 0 aliphatic rings. The maximum absolute atomic E-state index is 12.0. The Balaban J connectivity index is 4.58. The standard InChI is InChI=1S/C9H19N3O2S3/c1-7(13)12-8(6-17-16-5-3-11)9(14)15-4-2-10/h8H,2-6,10-11H2,1H3,(H,12,13)/p+2/t8-/m0/s1/i4D2,5D2. The van der Waals surface area contributed by atoms with Crippen molar-refractivity contribution in [2.45, 2.75) is 13.0 Å². The Hall–Kier alpha value is 0.110. The Kier molecular flexibility index (Phi) is 7.24. The van der Waals surface area contributed by atoms with Crippen LogP contribution in [0, 0.1) is 0 Å². The summed E-state index contributed by atoms with van der Waals surface area (Å²) in [5.41, 5.74) is 3.63. The molecule has 0 radical (unpaired) electrons. The number of quaternary nitrogens is 2. The Labute approximate surface area is 120 Å². The lowest BCUT2D eigenvalue weighted by molar-refractivity contribution is -0.360. The van der Waals surface area contributed by atoms with Gasteiger partial charge in [-0.1, -0.05) is 33.3 Å². The molecule has 100 valence electrons. The molecule has 0 bridgehead atoms. The zero-order valence-electron chi connectivity index (χ0n) is 13.7. The van der Waals surface area contributed by atoms with Gasteiger partial charge in [0.05, 0.1) is 24.5 Å². The molecule has 0 aromatic heterocycles. The molecule has 1 amide bonds. The van der Waals surface area contributed by atoms with Crippen molar-refractivity contribution in [3.8, 4) is 0 Å². The minimum absolute atomic E-state index is 0.0673. The van der Waals surface area contributed by atoms with Crippen molar-refractivity contribution >= 4 is 44.4 Å². The summed E-state index contributed by atoms with van der Waals surface area (Å²) in [5, 5.41) is 1.96. The monoisotopic (exact) mass is 303 g/mol. The SMILES string of the molecule is [2H]C([2H])(C[NH3+])SSC[C@H](NC(C)=O)C(=O)SC([2H])([2H])C[NH3+]. The molecule has 7 N–H and O–H groups in total. The predicted molar refractivity (Wildman–Crippen MR) is 75.5 cm³/mol. The summed E-state index contributed by atoms with van der Waals surface area (Å²) >= 11 is 0.504. The number of hydrogen-bond donors (Lipinski definition) is 3. The summed E-state index contributed by atoms with van der Waals surface area (Å²) in [6, 6.07) is -0.868. The molecular formula is C9H21N3O2S3+2. The van der Waals surface area contributed by atoms with Crippen molar-refractivity contribution in [2.24, 2.45) is 0 Å². The van der Waals surface area contributed by atoms with Gasteiger partial charge in [-0.05, 0) is 0 Å². The van der Waals surface area contributed by atoms with Crippen LogP contribution in [0.3, 0.4) is 0 Å². The molecule has 0 rings (SSSR count). The van der Waals surface area contributed by atoms with E-state index in [2.05, 4.69) is 16.8 Å². The Morgan fingerprint density at radius 2 is 1.94 bits per heavy atom. The largest absolute Gasteiger partial charge is 0.357 e. The zero-order chi connectivity index (χ0) is 16.7. The van der Waals surface area contributed by atoms with E-state index in [0.29, 0.717) is 11.8 Å². The van der Waals surface area contributed by atoms with E-state index in [9.17, 15) is 9.59 Å². The average molecular weight is 304 g/mol. The van der Waals surface area contributed by atoms with Gasteiger partial charge < -0.3 is 16.8 Å². The number of carbonyl (C=O) groups is 2. The van der Waals surface area contributed by atoms with E-state index < -0.39 is 28.5 Å². The van der Waals surface area contributed by atoms with Crippen molar-refractivity contribution in [1.82, 2.24) is 5.32 Å². The normalized spacial score (nSPS) is 17.4. The lowest BCUT2D eigenvalue weighted by atomic mass is 10.4. The van der Waals surface area contributed by atoms with E-state index in [4.69, 9.17) is 5.48 Å². The Morgan fingerprint density at radius 3 is 2.47 bits per heavy atom. The highest BCUT2D eigenvalue weighted by molar-refractivity contribution is 8.76. The molecule has 0 saturated carbocycles. The van der Waals surface area contributed by atoms with Crippen LogP contribution in [0.1, 0.15) is 12.4 Å². The predicted octanol–water partition coefficient (Wildman–Crippen LogP) is -1.38. The van der Waals surface area contributed by atoms with Crippen LogP contribution in [0.2, 0.25) is 0 Å². The molecule has 0 unspecified atom stereocenters. The zero-order valence-corrected chi connectivity index (χ0v) is 12.1. The molecule has 0 aliphatic carbocycles. The summed E-state index contributed by atoms with van der Waals surface area (Å²) in [5.74, 6) is -0.238. The summed E-state index contributed by atoms with van der Waals surface area (Å²) in [6.07, 6.45) is 0. The van der Waals surface area contributed by atoms with Crippen molar-refractivity contribution in [2.75, 3.05) is 30.3 Å². The third-order valence-corrected chi connectivity index (χ3v) is 4.25. The van der Waals surface area contributed by atoms with Crippen molar-refractivity contribution in [1.29, 1.82) is 0 Å².